The van der Waals surface area contributed by atoms with Crippen LogP contribution in [0.15, 0.2) is 36.4 Å². The Labute approximate surface area is 193 Å². The second kappa shape index (κ2) is 11.9. The lowest BCUT2D eigenvalue weighted by atomic mass is 10.0. The number of nitrogens with zero attached hydrogens (tertiary/aromatic N) is 1. The summed E-state index contributed by atoms with van der Waals surface area (Å²) in [6.45, 7) is 5.72. The molecule has 0 fully saturated rings. The molecule has 2 atom stereocenters. The number of benzene rings is 1. The third-order valence-corrected chi connectivity index (χ3v) is 5.08. The number of nitrogens with one attached hydrogen (secondary N) is 4. The molecule has 4 N–H and O–H groups in total. The molecule has 0 saturated carbocycles. The van der Waals surface area contributed by atoms with Crippen LogP contribution in [0, 0.1) is 5.92 Å². The molecular formula is C23H31N5O5. The number of anilines is 1. The third-order valence-electron chi connectivity index (χ3n) is 5.08. The average molecular weight is 458 g/mol. The number of carbonyl (C=O) groups excluding carboxylic acids is 5. The number of hydrogen-bond acceptors (Lipinski definition) is 6. The Morgan fingerprint density at radius 2 is 1.52 bits per heavy atom. The Morgan fingerprint density at radius 3 is 2.06 bits per heavy atom. The van der Waals surface area contributed by atoms with E-state index in [0.29, 0.717) is 12.2 Å². The van der Waals surface area contributed by atoms with Crippen LogP contribution < -0.4 is 21.3 Å². The molecule has 0 bridgehead atoms. The second-order valence-electron chi connectivity index (χ2n) is 8.15. The summed E-state index contributed by atoms with van der Waals surface area (Å²) in [5.41, 5.74) is 1.68. The molecule has 10 heteroatoms. The number of hydrogen-bond donors (Lipinski definition) is 4. The Morgan fingerprint density at radius 1 is 0.909 bits per heavy atom. The SMILES string of the molecule is CNCc1ccc(NC(=O)[C@H](C)NC(=O)[C@@H](NC(=O)CCN2C(=O)C=CC2=O)C(C)C)cc1. The van der Waals surface area contributed by atoms with Gasteiger partial charge >= 0.3 is 0 Å². The number of imide groups is 1. The van der Waals surface area contributed by atoms with Crippen LogP contribution in [0.3, 0.4) is 0 Å². The highest BCUT2D eigenvalue weighted by Crippen LogP contribution is 2.10. The zero-order chi connectivity index (χ0) is 24.5. The van der Waals surface area contributed by atoms with Gasteiger partial charge in [0.15, 0.2) is 0 Å². The summed E-state index contributed by atoms with van der Waals surface area (Å²) < 4.78 is 0. The van der Waals surface area contributed by atoms with Crippen LogP contribution in [0.2, 0.25) is 0 Å². The van der Waals surface area contributed by atoms with Crippen LogP contribution in [-0.2, 0) is 30.5 Å². The molecule has 5 amide bonds. The predicted octanol–water partition coefficient (Wildman–Crippen LogP) is 0.305. The van der Waals surface area contributed by atoms with E-state index in [9.17, 15) is 24.0 Å². The molecule has 0 saturated heterocycles. The lowest BCUT2D eigenvalue weighted by Crippen LogP contribution is -2.54. The smallest absolute Gasteiger partial charge is 0.253 e. The van der Waals surface area contributed by atoms with E-state index in [2.05, 4.69) is 21.3 Å². The molecule has 1 aliphatic rings. The highest BCUT2D eigenvalue weighted by molar-refractivity contribution is 6.13. The number of carbonyl (C=O) groups is 5. The summed E-state index contributed by atoms with van der Waals surface area (Å²) in [5.74, 6) is -2.56. The molecule has 10 nitrogen and oxygen atoms in total. The van der Waals surface area contributed by atoms with Gasteiger partial charge in [-0.15, -0.1) is 0 Å². The van der Waals surface area contributed by atoms with Gasteiger partial charge in [0.05, 0.1) is 0 Å². The Hall–Kier alpha value is -3.53. The molecule has 0 aromatic heterocycles. The van der Waals surface area contributed by atoms with Crippen molar-refractivity contribution >= 4 is 35.2 Å². The fourth-order valence-electron chi connectivity index (χ4n) is 3.17. The Balaban J connectivity index is 1.87. The third kappa shape index (κ3) is 7.53. The summed E-state index contributed by atoms with van der Waals surface area (Å²) >= 11 is 0. The van der Waals surface area contributed by atoms with Crippen molar-refractivity contribution in [2.75, 3.05) is 18.9 Å². The van der Waals surface area contributed by atoms with E-state index in [1.54, 1.807) is 32.9 Å². The van der Waals surface area contributed by atoms with Gasteiger partial charge in [0.25, 0.3) is 11.8 Å². The maximum Gasteiger partial charge on any atom is 0.253 e. The van der Waals surface area contributed by atoms with Crippen LogP contribution >= 0.6 is 0 Å². The molecule has 1 aliphatic heterocycles. The van der Waals surface area contributed by atoms with Crippen molar-refractivity contribution in [1.82, 2.24) is 20.9 Å². The Bertz CT molecular complexity index is 908. The van der Waals surface area contributed by atoms with Crippen molar-refractivity contribution in [2.45, 2.75) is 45.8 Å². The first-order valence-electron chi connectivity index (χ1n) is 10.8. The summed E-state index contributed by atoms with van der Waals surface area (Å²) in [5, 5.41) is 11.0. The fraction of sp³-hybridized carbons (Fsp3) is 0.435. The van der Waals surface area contributed by atoms with Crippen molar-refractivity contribution in [3.63, 3.8) is 0 Å². The minimum absolute atomic E-state index is 0.0746. The first kappa shape index (κ1) is 25.7. The van der Waals surface area contributed by atoms with Crippen molar-refractivity contribution < 1.29 is 24.0 Å². The second-order valence-corrected chi connectivity index (χ2v) is 8.15. The van der Waals surface area contributed by atoms with Crippen LogP contribution in [0.25, 0.3) is 0 Å². The van der Waals surface area contributed by atoms with E-state index in [0.717, 1.165) is 22.6 Å². The molecule has 0 aliphatic carbocycles. The monoisotopic (exact) mass is 457 g/mol. The molecular weight excluding hydrogens is 426 g/mol. The zero-order valence-electron chi connectivity index (χ0n) is 19.3. The zero-order valence-corrected chi connectivity index (χ0v) is 19.3. The van der Waals surface area contributed by atoms with Gasteiger partial charge in [-0.2, -0.15) is 0 Å². The molecule has 1 aromatic rings. The standard InChI is InChI=1S/C23H31N5O5/c1-14(2)21(27-18(29)11-12-28-19(30)9-10-20(28)31)23(33)25-15(3)22(32)26-17-7-5-16(6-8-17)13-24-4/h5-10,14-15,21,24H,11-13H2,1-4H3,(H,25,33)(H,26,32)(H,27,29)/t15-,21-/m0/s1. The van der Waals surface area contributed by atoms with Crippen LogP contribution in [-0.4, -0.2) is 60.1 Å². The van der Waals surface area contributed by atoms with E-state index in [1.165, 1.54) is 0 Å². The molecule has 0 spiro atoms. The van der Waals surface area contributed by atoms with Gasteiger partial charge in [-0.25, -0.2) is 0 Å². The number of amides is 5. The summed E-state index contributed by atoms with van der Waals surface area (Å²) in [4.78, 5) is 61.7. The normalized spacial score (nSPS) is 14.9. The van der Waals surface area contributed by atoms with Crippen molar-refractivity contribution in [3.05, 3.63) is 42.0 Å². The highest BCUT2D eigenvalue weighted by Gasteiger charge is 2.28. The lowest BCUT2D eigenvalue weighted by molar-refractivity contribution is -0.137. The van der Waals surface area contributed by atoms with Gasteiger partial charge < -0.3 is 21.3 Å². The van der Waals surface area contributed by atoms with Gasteiger partial charge in [-0.05, 0) is 37.6 Å². The minimum Gasteiger partial charge on any atom is -0.344 e. The predicted molar refractivity (Wildman–Crippen MR) is 123 cm³/mol. The van der Waals surface area contributed by atoms with Crippen molar-refractivity contribution in [1.29, 1.82) is 0 Å². The van der Waals surface area contributed by atoms with Gasteiger partial charge in [0.2, 0.25) is 17.7 Å². The average Bonchev–Trinajstić information content (AvgIpc) is 3.08. The molecule has 1 aromatic carbocycles. The highest BCUT2D eigenvalue weighted by atomic mass is 16.2. The van der Waals surface area contributed by atoms with Crippen LogP contribution in [0.1, 0.15) is 32.8 Å². The van der Waals surface area contributed by atoms with E-state index in [4.69, 9.17) is 0 Å². The minimum atomic E-state index is -0.878. The maximum absolute atomic E-state index is 12.7. The van der Waals surface area contributed by atoms with Gasteiger partial charge in [0, 0.05) is 37.3 Å². The van der Waals surface area contributed by atoms with E-state index < -0.39 is 41.6 Å². The van der Waals surface area contributed by atoms with E-state index >= 15 is 0 Å². The molecule has 1 heterocycles. The van der Waals surface area contributed by atoms with Gasteiger partial charge in [-0.3, -0.25) is 28.9 Å². The molecule has 0 unspecified atom stereocenters. The largest absolute Gasteiger partial charge is 0.344 e. The molecule has 178 valence electrons. The summed E-state index contributed by atoms with van der Waals surface area (Å²) in [6.07, 6.45) is 2.16. The Kier molecular flexibility index (Phi) is 9.29. The summed E-state index contributed by atoms with van der Waals surface area (Å²) in [7, 11) is 1.85. The quantitative estimate of drug-likeness (QED) is 0.353. The van der Waals surface area contributed by atoms with E-state index in [1.807, 2.05) is 19.2 Å². The fourth-order valence-corrected chi connectivity index (χ4v) is 3.17. The lowest BCUT2D eigenvalue weighted by Gasteiger charge is -2.24. The van der Waals surface area contributed by atoms with Crippen molar-refractivity contribution in [3.8, 4) is 0 Å². The molecule has 0 radical (unpaired) electrons. The van der Waals surface area contributed by atoms with E-state index in [-0.39, 0.29) is 18.9 Å². The molecule has 33 heavy (non-hydrogen) atoms. The first-order valence-corrected chi connectivity index (χ1v) is 10.8. The first-order chi connectivity index (χ1) is 15.6. The number of rotatable bonds is 11. The van der Waals surface area contributed by atoms with Crippen LogP contribution in [0.5, 0.6) is 0 Å². The summed E-state index contributed by atoms with van der Waals surface area (Å²) in [6, 6.07) is 5.62. The van der Waals surface area contributed by atoms with Gasteiger partial charge in [-0.1, -0.05) is 26.0 Å². The van der Waals surface area contributed by atoms with Crippen LogP contribution in [0.4, 0.5) is 5.69 Å². The maximum atomic E-state index is 12.7. The molecule has 2 rings (SSSR count). The van der Waals surface area contributed by atoms with Crippen molar-refractivity contribution in [2.24, 2.45) is 5.92 Å². The van der Waals surface area contributed by atoms with Gasteiger partial charge in [0.1, 0.15) is 12.1 Å². The topological polar surface area (TPSA) is 137 Å².